The van der Waals surface area contributed by atoms with E-state index in [2.05, 4.69) is 65.3 Å². The van der Waals surface area contributed by atoms with Gasteiger partial charge in [-0.25, -0.2) is 0 Å². The molecule has 25 heavy (non-hydrogen) atoms. The summed E-state index contributed by atoms with van der Waals surface area (Å²) < 4.78 is 1.15. The summed E-state index contributed by atoms with van der Waals surface area (Å²) in [4.78, 5) is 0. The van der Waals surface area contributed by atoms with E-state index in [0.29, 0.717) is 0 Å². The molecule has 2 aromatic rings. The molecule has 0 bridgehead atoms. The van der Waals surface area contributed by atoms with Crippen LogP contribution >= 0.6 is 15.9 Å². The number of rotatable bonds is 8. The van der Waals surface area contributed by atoms with Gasteiger partial charge < -0.3 is 0 Å². The number of allylic oxidation sites excluding steroid dienone is 2. The smallest absolute Gasteiger partial charge is 0.0181 e. The van der Waals surface area contributed by atoms with E-state index in [1.54, 1.807) is 5.57 Å². The first-order valence-corrected chi connectivity index (χ1v) is 10.9. The average Bonchev–Trinajstić information content (AvgIpc) is 2.64. The molecule has 0 aromatic heterocycles. The molecule has 1 unspecified atom stereocenters. The fraction of sp³-hybridized carbons (Fsp3) is 0.500. The molecule has 2 aromatic carbocycles. The summed E-state index contributed by atoms with van der Waals surface area (Å²) in [6.45, 7) is 2.29. The second-order valence-corrected chi connectivity index (χ2v) is 8.55. The highest BCUT2D eigenvalue weighted by molar-refractivity contribution is 9.10. The zero-order chi connectivity index (χ0) is 17.5. The van der Waals surface area contributed by atoms with Crippen molar-refractivity contribution in [2.45, 2.75) is 71.1 Å². The van der Waals surface area contributed by atoms with Crippen molar-refractivity contribution in [3.05, 3.63) is 52.5 Å². The molecule has 0 fully saturated rings. The number of hydrogen-bond acceptors (Lipinski definition) is 0. The second-order valence-electron chi connectivity index (χ2n) is 7.63. The van der Waals surface area contributed by atoms with Gasteiger partial charge in [0.1, 0.15) is 0 Å². The molecule has 1 atom stereocenters. The van der Waals surface area contributed by atoms with E-state index in [0.717, 1.165) is 10.4 Å². The van der Waals surface area contributed by atoms with Crippen LogP contribution in [0.25, 0.3) is 16.3 Å². The van der Waals surface area contributed by atoms with Crippen molar-refractivity contribution in [1.82, 2.24) is 0 Å². The molecule has 0 N–H and O–H groups in total. The lowest BCUT2D eigenvalue weighted by atomic mass is 9.83. The minimum atomic E-state index is 0.923. The minimum Gasteiger partial charge on any atom is -0.0804 e. The first-order chi connectivity index (χ1) is 12.3. The molecular formula is C24H31Br. The topological polar surface area (TPSA) is 0 Å². The van der Waals surface area contributed by atoms with Gasteiger partial charge >= 0.3 is 0 Å². The van der Waals surface area contributed by atoms with Crippen molar-refractivity contribution < 1.29 is 0 Å². The predicted molar refractivity (Wildman–Crippen MR) is 115 cm³/mol. The van der Waals surface area contributed by atoms with Crippen LogP contribution in [-0.4, -0.2) is 0 Å². The molecule has 134 valence electrons. The maximum absolute atomic E-state index is 3.56. The zero-order valence-electron chi connectivity index (χ0n) is 15.6. The van der Waals surface area contributed by atoms with Crippen LogP contribution in [0, 0.1) is 5.92 Å². The van der Waals surface area contributed by atoms with Crippen molar-refractivity contribution in [1.29, 1.82) is 0 Å². The van der Waals surface area contributed by atoms with E-state index in [9.17, 15) is 0 Å². The Kier molecular flexibility index (Phi) is 7.16. The van der Waals surface area contributed by atoms with Crippen LogP contribution < -0.4 is 0 Å². The highest BCUT2D eigenvalue weighted by Gasteiger charge is 2.15. The van der Waals surface area contributed by atoms with Crippen LogP contribution in [0.1, 0.15) is 76.7 Å². The van der Waals surface area contributed by atoms with Crippen LogP contribution in [0.4, 0.5) is 0 Å². The Balaban J connectivity index is 1.51. The van der Waals surface area contributed by atoms with E-state index < -0.39 is 0 Å². The first kappa shape index (κ1) is 18.7. The summed E-state index contributed by atoms with van der Waals surface area (Å²) in [6.07, 6.45) is 16.4. The van der Waals surface area contributed by atoms with Gasteiger partial charge in [0.15, 0.2) is 0 Å². The van der Waals surface area contributed by atoms with Crippen LogP contribution in [0.5, 0.6) is 0 Å². The molecular weight excluding hydrogens is 368 g/mol. The van der Waals surface area contributed by atoms with Gasteiger partial charge in [-0.2, -0.15) is 0 Å². The molecule has 1 aliphatic carbocycles. The Bertz CT molecular complexity index is 713. The molecule has 0 spiro atoms. The fourth-order valence-corrected chi connectivity index (χ4v) is 4.42. The average molecular weight is 399 g/mol. The highest BCUT2D eigenvalue weighted by atomic mass is 79.9. The molecule has 3 rings (SSSR count). The second kappa shape index (κ2) is 9.57. The Labute approximate surface area is 161 Å². The lowest BCUT2D eigenvalue weighted by molar-refractivity contribution is 0.423. The monoisotopic (exact) mass is 398 g/mol. The Morgan fingerprint density at radius 2 is 1.68 bits per heavy atom. The Morgan fingerprint density at radius 3 is 2.48 bits per heavy atom. The number of benzene rings is 2. The van der Waals surface area contributed by atoms with Crippen LogP contribution in [-0.2, 0) is 0 Å². The number of halogens is 1. The van der Waals surface area contributed by atoms with Gasteiger partial charge in [0, 0.05) is 4.47 Å². The Hall–Kier alpha value is -1.08. The van der Waals surface area contributed by atoms with Crippen molar-refractivity contribution in [3.63, 3.8) is 0 Å². The normalized spacial score (nSPS) is 17.7. The summed E-state index contributed by atoms with van der Waals surface area (Å²) in [6, 6.07) is 13.5. The molecule has 0 amide bonds. The van der Waals surface area contributed by atoms with E-state index in [-0.39, 0.29) is 0 Å². The van der Waals surface area contributed by atoms with Crippen LogP contribution in [0.3, 0.4) is 0 Å². The van der Waals surface area contributed by atoms with E-state index in [1.165, 1.54) is 80.5 Å². The van der Waals surface area contributed by atoms with Crippen LogP contribution in [0.15, 0.2) is 46.9 Å². The molecule has 0 radical (unpaired) electrons. The summed E-state index contributed by atoms with van der Waals surface area (Å²) >= 11 is 3.56. The number of fused-ring (bicyclic) bond motifs is 1. The van der Waals surface area contributed by atoms with Crippen molar-refractivity contribution in [3.8, 4) is 0 Å². The van der Waals surface area contributed by atoms with Crippen molar-refractivity contribution in [2.24, 2.45) is 5.92 Å². The summed E-state index contributed by atoms with van der Waals surface area (Å²) in [5.41, 5.74) is 2.98. The largest absolute Gasteiger partial charge is 0.0804 e. The van der Waals surface area contributed by atoms with Gasteiger partial charge in [0.2, 0.25) is 0 Å². The maximum atomic E-state index is 3.56. The van der Waals surface area contributed by atoms with Gasteiger partial charge in [-0.05, 0) is 65.3 Å². The standard InChI is InChI=1S/C24H31Br/c1-2-3-4-5-6-7-8-19-9-11-20(12-10-19)21-13-14-23-18-24(25)16-15-22(23)17-21/h11,13-19H,2-10,12H2,1H3. The third kappa shape index (κ3) is 5.45. The fourth-order valence-electron chi connectivity index (χ4n) is 4.04. The van der Waals surface area contributed by atoms with Gasteiger partial charge in [0.25, 0.3) is 0 Å². The van der Waals surface area contributed by atoms with Gasteiger partial charge in [-0.15, -0.1) is 0 Å². The quantitative estimate of drug-likeness (QED) is 0.390. The molecule has 0 saturated heterocycles. The van der Waals surface area contributed by atoms with Gasteiger partial charge in [-0.1, -0.05) is 92.1 Å². The molecule has 0 saturated carbocycles. The maximum Gasteiger partial charge on any atom is 0.0181 e. The van der Waals surface area contributed by atoms with Crippen LogP contribution in [0.2, 0.25) is 0 Å². The van der Waals surface area contributed by atoms with Crippen molar-refractivity contribution >= 4 is 32.3 Å². The highest BCUT2D eigenvalue weighted by Crippen LogP contribution is 2.34. The van der Waals surface area contributed by atoms with E-state index >= 15 is 0 Å². The van der Waals surface area contributed by atoms with Gasteiger partial charge in [-0.3, -0.25) is 0 Å². The third-order valence-corrected chi connectivity index (χ3v) is 6.15. The lowest BCUT2D eigenvalue weighted by Gasteiger charge is -2.22. The number of hydrogen-bond donors (Lipinski definition) is 0. The predicted octanol–water partition coefficient (Wildman–Crippen LogP) is 8.54. The Morgan fingerprint density at radius 1 is 0.920 bits per heavy atom. The summed E-state index contributed by atoms with van der Waals surface area (Å²) in [7, 11) is 0. The van der Waals surface area contributed by atoms with E-state index in [1.807, 2.05) is 0 Å². The zero-order valence-corrected chi connectivity index (χ0v) is 17.2. The summed E-state index contributed by atoms with van der Waals surface area (Å²) in [5.74, 6) is 0.923. The molecule has 1 heteroatoms. The minimum absolute atomic E-state index is 0.923. The molecule has 0 aliphatic heterocycles. The molecule has 0 nitrogen and oxygen atoms in total. The lowest BCUT2D eigenvalue weighted by Crippen LogP contribution is -2.05. The third-order valence-electron chi connectivity index (χ3n) is 5.66. The van der Waals surface area contributed by atoms with E-state index in [4.69, 9.17) is 0 Å². The molecule has 0 heterocycles. The first-order valence-electron chi connectivity index (χ1n) is 10.1. The summed E-state index contributed by atoms with van der Waals surface area (Å²) in [5, 5.41) is 2.66. The number of unbranched alkanes of at least 4 members (excludes halogenated alkanes) is 5. The SMILES string of the molecule is CCCCCCCCC1CC=C(c2ccc3cc(Br)ccc3c2)CC1. The van der Waals surface area contributed by atoms with Crippen molar-refractivity contribution in [2.75, 3.05) is 0 Å². The molecule has 1 aliphatic rings. The van der Waals surface area contributed by atoms with Gasteiger partial charge in [0.05, 0.1) is 0 Å².